The van der Waals surface area contributed by atoms with Gasteiger partial charge in [-0.05, 0) is 25.5 Å². The number of amides is 2. The van der Waals surface area contributed by atoms with Crippen molar-refractivity contribution in [3.63, 3.8) is 0 Å². The second kappa shape index (κ2) is 7.73. The first-order chi connectivity index (χ1) is 10.7. The summed E-state index contributed by atoms with van der Waals surface area (Å²) in [5, 5.41) is 5.67. The molecular formula is C17H23N3O2. The molecular weight excluding hydrogens is 278 g/mol. The lowest BCUT2D eigenvalue weighted by molar-refractivity contribution is -0.124. The van der Waals surface area contributed by atoms with E-state index in [0.29, 0.717) is 30.8 Å². The monoisotopic (exact) mass is 301 g/mol. The zero-order valence-corrected chi connectivity index (χ0v) is 13.3. The quantitative estimate of drug-likeness (QED) is 0.811. The topological polar surface area (TPSA) is 53.0 Å². The first kappa shape index (κ1) is 16.2. The molecule has 0 saturated heterocycles. The van der Waals surface area contributed by atoms with Crippen LogP contribution in [0.2, 0.25) is 0 Å². The van der Waals surface area contributed by atoms with Gasteiger partial charge in [-0.15, -0.1) is 0 Å². The molecule has 2 amide bonds. The van der Waals surface area contributed by atoms with Crippen LogP contribution in [0.3, 0.4) is 0 Å². The predicted molar refractivity (Wildman–Crippen MR) is 87.8 cm³/mol. The van der Waals surface area contributed by atoms with Gasteiger partial charge in [-0.2, -0.15) is 5.10 Å². The molecule has 1 aromatic carbocycles. The molecule has 0 bridgehead atoms. The third-order valence-electron chi connectivity index (χ3n) is 3.73. The zero-order chi connectivity index (χ0) is 15.9. The van der Waals surface area contributed by atoms with Crippen molar-refractivity contribution < 1.29 is 9.59 Å². The average molecular weight is 301 g/mol. The van der Waals surface area contributed by atoms with Gasteiger partial charge in [-0.25, -0.2) is 5.01 Å². The van der Waals surface area contributed by atoms with Crippen molar-refractivity contribution in [3.8, 4) is 0 Å². The highest BCUT2D eigenvalue weighted by Crippen LogP contribution is 2.20. The number of carbonyl (C=O) groups excluding carboxylic acids is 2. The van der Waals surface area contributed by atoms with Crippen LogP contribution < -0.4 is 5.01 Å². The first-order valence-electron chi connectivity index (χ1n) is 7.92. The minimum absolute atomic E-state index is 0.0515. The van der Waals surface area contributed by atoms with E-state index in [-0.39, 0.29) is 11.8 Å². The summed E-state index contributed by atoms with van der Waals surface area (Å²) in [5.74, 6) is -0.122. The van der Waals surface area contributed by atoms with E-state index < -0.39 is 0 Å². The van der Waals surface area contributed by atoms with Crippen molar-refractivity contribution in [2.45, 2.75) is 39.5 Å². The first-order valence-corrected chi connectivity index (χ1v) is 7.92. The second-order valence-electron chi connectivity index (χ2n) is 5.33. The summed E-state index contributed by atoms with van der Waals surface area (Å²) >= 11 is 0. The number of rotatable bonds is 6. The maximum atomic E-state index is 12.6. The van der Waals surface area contributed by atoms with Gasteiger partial charge in [0.15, 0.2) is 0 Å². The van der Waals surface area contributed by atoms with Crippen LogP contribution >= 0.6 is 0 Å². The minimum Gasteiger partial charge on any atom is -0.338 e. The van der Waals surface area contributed by atoms with E-state index in [0.717, 1.165) is 19.4 Å². The third kappa shape index (κ3) is 3.72. The molecule has 0 N–H and O–H groups in total. The number of nitrogens with zero attached hydrogens (tertiary/aromatic N) is 3. The molecule has 0 atom stereocenters. The summed E-state index contributed by atoms with van der Waals surface area (Å²) in [4.78, 5) is 26.5. The normalized spacial score (nSPS) is 14.7. The van der Waals surface area contributed by atoms with E-state index >= 15 is 0 Å². The summed E-state index contributed by atoms with van der Waals surface area (Å²) in [5.41, 5.74) is 1.18. The number of hydrazone groups is 1. The Kier molecular flexibility index (Phi) is 5.69. The highest BCUT2D eigenvalue weighted by Gasteiger charge is 2.27. The number of hydrogen-bond acceptors (Lipinski definition) is 3. The van der Waals surface area contributed by atoms with Crippen LogP contribution in [-0.4, -0.2) is 35.5 Å². The number of hydrogen-bond donors (Lipinski definition) is 0. The minimum atomic E-state index is -0.0700. The van der Waals surface area contributed by atoms with Gasteiger partial charge in [0.05, 0.1) is 5.69 Å². The van der Waals surface area contributed by atoms with Gasteiger partial charge < -0.3 is 4.90 Å². The number of para-hydroxylation sites is 1. The van der Waals surface area contributed by atoms with Crippen molar-refractivity contribution in [2.75, 3.05) is 18.1 Å². The smallest absolute Gasteiger partial charge is 0.270 e. The van der Waals surface area contributed by atoms with E-state index in [1.807, 2.05) is 37.3 Å². The van der Waals surface area contributed by atoms with Gasteiger partial charge >= 0.3 is 0 Å². The average Bonchev–Trinajstić information content (AvgIpc) is 2.56. The molecule has 0 spiro atoms. The molecule has 1 aliphatic rings. The molecule has 5 nitrogen and oxygen atoms in total. The van der Waals surface area contributed by atoms with Gasteiger partial charge in [0.2, 0.25) is 5.91 Å². The van der Waals surface area contributed by atoms with E-state index in [1.165, 1.54) is 5.01 Å². The van der Waals surface area contributed by atoms with Crippen molar-refractivity contribution in [1.29, 1.82) is 0 Å². The van der Waals surface area contributed by atoms with Gasteiger partial charge in [-0.3, -0.25) is 9.59 Å². The van der Waals surface area contributed by atoms with Gasteiger partial charge in [0.25, 0.3) is 5.91 Å². The third-order valence-corrected chi connectivity index (χ3v) is 3.73. The van der Waals surface area contributed by atoms with Crippen LogP contribution in [-0.2, 0) is 9.59 Å². The van der Waals surface area contributed by atoms with Crippen molar-refractivity contribution in [2.24, 2.45) is 5.10 Å². The van der Waals surface area contributed by atoms with Crippen molar-refractivity contribution >= 4 is 23.2 Å². The zero-order valence-electron chi connectivity index (χ0n) is 13.3. The molecule has 1 heterocycles. The fraction of sp³-hybridized carbons (Fsp3) is 0.471. The van der Waals surface area contributed by atoms with Crippen LogP contribution in [0.15, 0.2) is 35.4 Å². The highest BCUT2D eigenvalue weighted by molar-refractivity contribution is 6.40. The van der Waals surface area contributed by atoms with Crippen LogP contribution in [0.5, 0.6) is 0 Å². The van der Waals surface area contributed by atoms with E-state index in [9.17, 15) is 9.59 Å². The van der Waals surface area contributed by atoms with Crippen LogP contribution in [0, 0.1) is 0 Å². The van der Waals surface area contributed by atoms with Crippen LogP contribution in [0.1, 0.15) is 39.5 Å². The molecule has 1 aliphatic heterocycles. The molecule has 5 heteroatoms. The maximum Gasteiger partial charge on any atom is 0.270 e. The number of carbonyl (C=O) groups is 2. The van der Waals surface area contributed by atoms with Gasteiger partial charge in [-0.1, -0.05) is 31.5 Å². The Morgan fingerprint density at radius 2 is 1.95 bits per heavy atom. The molecule has 2 rings (SSSR count). The van der Waals surface area contributed by atoms with E-state index in [1.54, 1.807) is 4.90 Å². The molecule has 22 heavy (non-hydrogen) atoms. The maximum absolute atomic E-state index is 12.6. The lowest BCUT2D eigenvalue weighted by Crippen LogP contribution is -2.42. The Bertz CT molecular complexity index is 554. The van der Waals surface area contributed by atoms with Crippen molar-refractivity contribution in [3.05, 3.63) is 30.3 Å². The summed E-state index contributed by atoms with van der Waals surface area (Å²) in [6.07, 6.45) is 2.77. The Morgan fingerprint density at radius 1 is 1.23 bits per heavy atom. The van der Waals surface area contributed by atoms with E-state index in [2.05, 4.69) is 12.0 Å². The fourth-order valence-electron chi connectivity index (χ4n) is 2.41. The van der Waals surface area contributed by atoms with Gasteiger partial charge in [0.1, 0.15) is 5.71 Å². The molecule has 0 aliphatic carbocycles. The SMILES string of the molecule is CCCCN(CC)C(=O)C1=NN(c2ccccc2)C(=O)CC1. The van der Waals surface area contributed by atoms with E-state index in [4.69, 9.17) is 0 Å². The van der Waals surface area contributed by atoms with Gasteiger partial charge in [0, 0.05) is 25.9 Å². The summed E-state index contributed by atoms with van der Waals surface area (Å²) in [7, 11) is 0. The Morgan fingerprint density at radius 3 is 2.59 bits per heavy atom. The standard InChI is InChI=1S/C17H23N3O2/c1-3-5-13-19(4-2)17(22)15-11-12-16(21)20(18-15)14-9-7-6-8-10-14/h6-10H,3-5,11-13H2,1-2H3. The molecule has 0 fully saturated rings. The summed E-state index contributed by atoms with van der Waals surface area (Å²) in [6, 6.07) is 9.24. The predicted octanol–water partition coefficient (Wildman–Crippen LogP) is 2.82. The summed E-state index contributed by atoms with van der Waals surface area (Å²) < 4.78 is 0. The Balaban J connectivity index is 2.19. The van der Waals surface area contributed by atoms with Crippen LogP contribution in [0.25, 0.3) is 0 Å². The lowest BCUT2D eigenvalue weighted by Gasteiger charge is -2.26. The molecule has 0 radical (unpaired) electrons. The fourth-order valence-corrected chi connectivity index (χ4v) is 2.41. The molecule has 0 saturated carbocycles. The molecule has 0 unspecified atom stereocenters. The second-order valence-corrected chi connectivity index (χ2v) is 5.33. The van der Waals surface area contributed by atoms with Crippen molar-refractivity contribution in [1.82, 2.24) is 4.90 Å². The number of anilines is 1. The molecule has 1 aromatic rings. The number of benzene rings is 1. The molecule has 118 valence electrons. The van der Waals surface area contributed by atoms with Crippen LogP contribution in [0.4, 0.5) is 5.69 Å². The Hall–Kier alpha value is -2.17. The Labute approximate surface area is 131 Å². The highest BCUT2D eigenvalue weighted by atomic mass is 16.2. The summed E-state index contributed by atoms with van der Waals surface area (Å²) in [6.45, 7) is 5.48. The number of unbranched alkanes of at least 4 members (excludes halogenated alkanes) is 1. The molecule has 0 aromatic heterocycles. The lowest BCUT2D eigenvalue weighted by atomic mass is 10.1. The largest absolute Gasteiger partial charge is 0.338 e.